The van der Waals surface area contributed by atoms with Gasteiger partial charge >= 0.3 is 0 Å². The van der Waals surface area contributed by atoms with Gasteiger partial charge in [-0.1, -0.05) is 6.07 Å². The molecule has 1 unspecified atom stereocenters. The summed E-state index contributed by atoms with van der Waals surface area (Å²) in [6, 6.07) is 10.5. The fourth-order valence-corrected chi connectivity index (χ4v) is 3.52. The van der Waals surface area contributed by atoms with Crippen LogP contribution in [0.15, 0.2) is 48.9 Å². The van der Waals surface area contributed by atoms with Crippen molar-refractivity contribution >= 4 is 29.6 Å². The molecule has 26 heavy (non-hydrogen) atoms. The maximum atomic E-state index is 5.65. The first-order valence-corrected chi connectivity index (χ1v) is 8.89. The number of nitrogens with two attached hydrogens (primary N) is 1. The van der Waals surface area contributed by atoms with Crippen LogP contribution in [-0.2, 0) is 6.54 Å². The first-order valence-electron chi connectivity index (χ1n) is 8.89. The maximum absolute atomic E-state index is 5.65. The normalized spacial score (nSPS) is 18.2. The number of imidazole rings is 1. The molecule has 6 nitrogen and oxygen atoms in total. The Hall–Kier alpha value is -2.31. The van der Waals surface area contributed by atoms with E-state index in [9.17, 15) is 0 Å². The number of rotatable bonds is 4. The molecule has 0 saturated carbocycles. The topological polar surface area (TPSA) is 71.5 Å². The van der Waals surface area contributed by atoms with E-state index in [4.69, 9.17) is 5.73 Å². The van der Waals surface area contributed by atoms with Gasteiger partial charge in [0.05, 0.1) is 23.8 Å². The van der Waals surface area contributed by atoms with E-state index in [1.54, 1.807) is 0 Å². The Bertz CT molecular complexity index is 831. The molecular formula is C19H25ClN6. The molecule has 1 fully saturated rings. The van der Waals surface area contributed by atoms with Crippen molar-refractivity contribution < 1.29 is 0 Å². The number of nitrogens with zero attached hydrogens (tertiary/aromatic N) is 4. The van der Waals surface area contributed by atoms with Crippen molar-refractivity contribution in [3.63, 3.8) is 0 Å². The SMILES string of the molecule is Cl.Nc1ccc(NC2CCCN(Cc3cnc4ccccn34)CC2)cn1. The second-order valence-corrected chi connectivity index (χ2v) is 6.70. The summed E-state index contributed by atoms with van der Waals surface area (Å²) in [6.45, 7) is 3.15. The zero-order chi connectivity index (χ0) is 17.1. The Morgan fingerprint density at radius 1 is 1.08 bits per heavy atom. The van der Waals surface area contributed by atoms with Crippen LogP contribution >= 0.6 is 12.4 Å². The summed E-state index contributed by atoms with van der Waals surface area (Å²) in [7, 11) is 0. The highest BCUT2D eigenvalue weighted by atomic mass is 35.5. The number of pyridine rings is 2. The molecule has 1 atom stereocenters. The van der Waals surface area contributed by atoms with Crippen molar-refractivity contribution in [2.24, 2.45) is 0 Å². The van der Waals surface area contributed by atoms with Gasteiger partial charge in [-0.2, -0.15) is 0 Å². The van der Waals surface area contributed by atoms with Crippen molar-refractivity contribution in [3.8, 4) is 0 Å². The van der Waals surface area contributed by atoms with E-state index in [1.165, 1.54) is 18.5 Å². The number of fused-ring (bicyclic) bond motifs is 1. The average molecular weight is 373 g/mol. The minimum atomic E-state index is 0. The lowest BCUT2D eigenvalue weighted by Crippen LogP contribution is -2.26. The second-order valence-electron chi connectivity index (χ2n) is 6.70. The van der Waals surface area contributed by atoms with Gasteiger partial charge in [-0.25, -0.2) is 9.97 Å². The molecule has 0 amide bonds. The number of halogens is 1. The third kappa shape index (κ3) is 4.26. The van der Waals surface area contributed by atoms with Gasteiger partial charge in [0.1, 0.15) is 11.5 Å². The zero-order valence-electron chi connectivity index (χ0n) is 14.7. The van der Waals surface area contributed by atoms with E-state index >= 15 is 0 Å². The van der Waals surface area contributed by atoms with Crippen LogP contribution in [0.25, 0.3) is 5.65 Å². The van der Waals surface area contributed by atoms with Crippen molar-refractivity contribution in [1.82, 2.24) is 19.3 Å². The van der Waals surface area contributed by atoms with Gasteiger partial charge in [-0.3, -0.25) is 4.90 Å². The van der Waals surface area contributed by atoms with Gasteiger partial charge in [-0.05, 0) is 50.1 Å². The van der Waals surface area contributed by atoms with E-state index in [0.29, 0.717) is 11.9 Å². The lowest BCUT2D eigenvalue weighted by Gasteiger charge is -2.20. The monoisotopic (exact) mass is 372 g/mol. The molecule has 0 aliphatic carbocycles. The van der Waals surface area contributed by atoms with Crippen LogP contribution < -0.4 is 11.1 Å². The molecule has 0 radical (unpaired) electrons. The van der Waals surface area contributed by atoms with Crippen molar-refractivity contribution in [3.05, 3.63) is 54.6 Å². The summed E-state index contributed by atoms with van der Waals surface area (Å²) in [5.74, 6) is 0.561. The Labute approximate surface area is 159 Å². The van der Waals surface area contributed by atoms with E-state index in [2.05, 4.69) is 36.8 Å². The summed E-state index contributed by atoms with van der Waals surface area (Å²) in [6.07, 6.45) is 9.40. The number of nitrogen functional groups attached to an aromatic ring is 1. The van der Waals surface area contributed by atoms with Crippen LogP contribution in [0, 0.1) is 0 Å². The standard InChI is InChI=1S/C19H24N6.ClH/c20-18-7-6-16(12-21-18)23-15-4-3-9-24(11-8-15)14-17-13-22-19-5-1-2-10-25(17)19;/h1-2,5-7,10,12-13,15,23H,3-4,8-9,11,14H2,(H2,20,21);1H. The molecule has 1 aliphatic heterocycles. The molecule has 3 aromatic heterocycles. The Kier molecular flexibility index (Phi) is 5.96. The van der Waals surface area contributed by atoms with Gasteiger partial charge < -0.3 is 15.5 Å². The van der Waals surface area contributed by atoms with Crippen LogP contribution in [0.4, 0.5) is 11.5 Å². The van der Waals surface area contributed by atoms with Crippen molar-refractivity contribution in [2.75, 3.05) is 24.1 Å². The summed E-state index contributed by atoms with van der Waals surface area (Å²) >= 11 is 0. The Morgan fingerprint density at radius 2 is 2.00 bits per heavy atom. The van der Waals surface area contributed by atoms with E-state index in [0.717, 1.165) is 37.4 Å². The summed E-state index contributed by atoms with van der Waals surface area (Å²) in [5.41, 5.74) is 8.98. The molecule has 4 rings (SSSR count). The average Bonchev–Trinajstić information content (AvgIpc) is 2.90. The molecule has 0 bridgehead atoms. The summed E-state index contributed by atoms with van der Waals surface area (Å²) in [4.78, 5) is 11.2. The predicted molar refractivity (Wildman–Crippen MR) is 108 cm³/mol. The predicted octanol–water partition coefficient (Wildman–Crippen LogP) is 3.20. The molecule has 4 heterocycles. The van der Waals surface area contributed by atoms with Crippen LogP contribution in [0.3, 0.4) is 0 Å². The first kappa shape index (κ1) is 18.5. The quantitative estimate of drug-likeness (QED) is 0.735. The van der Waals surface area contributed by atoms with Gasteiger partial charge in [0.25, 0.3) is 0 Å². The zero-order valence-corrected chi connectivity index (χ0v) is 15.5. The van der Waals surface area contributed by atoms with Gasteiger partial charge in [0, 0.05) is 25.3 Å². The van der Waals surface area contributed by atoms with Gasteiger partial charge in [-0.15, -0.1) is 12.4 Å². The molecule has 1 aliphatic rings. The number of hydrogen-bond acceptors (Lipinski definition) is 5. The van der Waals surface area contributed by atoms with E-state index in [1.807, 2.05) is 36.7 Å². The highest BCUT2D eigenvalue weighted by Gasteiger charge is 2.18. The number of likely N-dealkylation sites (tertiary alicyclic amines) is 1. The molecular weight excluding hydrogens is 348 g/mol. The molecule has 7 heteroatoms. The first-order chi connectivity index (χ1) is 12.3. The summed E-state index contributed by atoms with van der Waals surface area (Å²) in [5, 5.41) is 3.59. The smallest absolute Gasteiger partial charge is 0.136 e. The molecule has 1 saturated heterocycles. The molecule has 0 aromatic carbocycles. The largest absolute Gasteiger partial charge is 0.384 e. The second kappa shape index (κ2) is 8.38. The maximum Gasteiger partial charge on any atom is 0.136 e. The third-order valence-electron chi connectivity index (χ3n) is 4.86. The lowest BCUT2D eigenvalue weighted by atomic mass is 10.1. The minimum absolute atomic E-state index is 0. The highest BCUT2D eigenvalue weighted by molar-refractivity contribution is 5.85. The Morgan fingerprint density at radius 3 is 2.85 bits per heavy atom. The fraction of sp³-hybridized carbons (Fsp3) is 0.368. The molecule has 3 aromatic rings. The Balaban J connectivity index is 0.00000196. The molecule has 138 valence electrons. The number of hydrogen-bond donors (Lipinski definition) is 2. The van der Waals surface area contributed by atoms with Gasteiger partial charge in [0.15, 0.2) is 0 Å². The van der Waals surface area contributed by atoms with E-state index < -0.39 is 0 Å². The van der Waals surface area contributed by atoms with Crippen LogP contribution in [0.5, 0.6) is 0 Å². The van der Waals surface area contributed by atoms with Crippen molar-refractivity contribution in [2.45, 2.75) is 31.8 Å². The summed E-state index contributed by atoms with van der Waals surface area (Å²) < 4.78 is 2.18. The number of aromatic nitrogens is 3. The van der Waals surface area contributed by atoms with Crippen LogP contribution in [0.1, 0.15) is 25.0 Å². The minimum Gasteiger partial charge on any atom is -0.384 e. The number of nitrogens with one attached hydrogen (secondary N) is 1. The van der Waals surface area contributed by atoms with E-state index in [-0.39, 0.29) is 12.4 Å². The highest BCUT2D eigenvalue weighted by Crippen LogP contribution is 2.18. The number of anilines is 2. The molecule has 3 N–H and O–H groups in total. The fourth-order valence-electron chi connectivity index (χ4n) is 3.52. The van der Waals surface area contributed by atoms with Crippen LogP contribution in [-0.4, -0.2) is 38.4 Å². The van der Waals surface area contributed by atoms with Crippen molar-refractivity contribution in [1.29, 1.82) is 0 Å². The third-order valence-corrected chi connectivity index (χ3v) is 4.86. The lowest BCUT2D eigenvalue weighted by molar-refractivity contribution is 0.272. The van der Waals surface area contributed by atoms with Gasteiger partial charge in [0.2, 0.25) is 0 Å². The molecule has 0 spiro atoms. The van der Waals surface area contributed by atoms with Crippen LogP contribution in [0.2, 0.25) is 0 Å².